The molecule has 160 valence electrons. The van der Waals surface area contributed by atoms with Crippen molar-refractivity contribution in [3.63, 3.8) is 0 Å². The van der Waals surface area contributed by atoms with Crippen LogP contribution in [0.15, 0.2) is 30.5 Å². The van der Waals surface area contributed by atoms with Crippen molar-refractivity contribution < 1.29 is 19.5 Å². The van der Waals surface area contributed by atoms with Crippen molar-refractivity contribution in [1.82, 2.24) is 10.3 Å². The maximum absolute atomic E-state index is 12.2. The third-order valence-corrected chi connectivity index (χ3v) is 3.59. The predicted molar refractivity (Wildman–Crippen MR) is 115 cm³/mol. The molecule has 0 fully saturated rings. The maximum Gasteiger partial charge on any atom is 0.303 e. The van der Waals surface area contributed by atoms with Gasteiger partial charge in [0.05, 0.1) is 16.8 Å². The van der Waals surface area contributed by atoms with Gasteiger partial charge in [-0.15, -0.1) is 0 Å². The van der Waals surface area contributed by atoms with Gasteiger partial charge in [0.25, 0.3) is 5.91 Å². The summed E-state index contributed by atoms with van der Waals surface area (Å²) in [5.74, 6) is -0.845. The second-order valence-corrected chi connectivity index (χ2v) is 5.73. The van der Waals surface area contributed by atoms with Gasteiger partial charge in [-0.3, -0.25) is 19.4 Å². The topological polar surface area (TPSA) is 160 Å². The number of carbonyl (C=O) groups excluding carboxylic acids is 2. The Morgan fingerprint density at radius 2 is 1.83 bits per heavy atom. The molecule has 0 aliphatic carbocycles. The highest BCUT2D eigenvalue weighted by atomic mass is 16.4. The summed E-state index contributed by atoms with van der Waals surface area (Å²) in [6, 6.07) is 7.83. The number of carboxylic acids is 1. The molecule has 0 saturated heterocycles. The summed E-state index contributed by atoms with van der Waals surface area (Å²) in [5, 5.41) is 14.9. The highest BCUT2D eigenvalue weighted by molar-refractivity contribution is 6.07. The van der Waals surface area contributed by atoms with Crippen LogP contribution in [0.5, 0.6) is 0 Å². The van der Waals surface area contributed by atoms with Gasteiger partial charge in [-0.05, 0) is 32.4 Å². The molecule has 29 heavy (non-hydrogen) atoms. The first-order valence-corrected chi connectivity index (χ1v) is 9.43. The van der Waals surface area contributed by atoms with Crippen molar-refractivity contribution in [3.05, 3.63) is 36.0 Å². The number of benzene rings is 1. The van der Waals surface area contributed by atoms with Crippen molar-refractivity contribution in [2.24, 2.45) is 11.5 Å². The van der Waals surface area contributed by atoms with Crippen molar-refractivity contribution >= 4 is 34.9 Å². The van der Waals surface area contributed by atoms with Gasteiger partial charge < -0.3 is 27.2 Å². The van der Waals surface area contributed by atoms with E-state index in [1.165, 1.54) is 0 Å². The molecule has 9 heteroatoms. The number of nitrogens with zero attached hydrogens (tertiary/aromatic N) is 1. The Balaban J connectivity index is 0.000000838. The lowest BCUT2D eigenvalue weighted by molar-refractivity contribution is -0.136. The number of carbonyl (C=O) groups is 3. The number of hydrogen-bond donors (Lipinski definition) is 5. The number of para-hydroxylation sites is 1. The quantitative estimate of drug-likeness (QED) is 0.330. The molecular weight excluding hydrogens is 374 g/mol. The summed E-state index contributed by atoms with van der Waals surface area (Å²) < 4.78 is 0. The standard InChI is InChI=1S/C16H22N4O.C3H6O2.CH3NO/c1-2-18-16(21)13-11-20-14-8-4-3-7-12(14)15(13)19-10-6-5-9-17;1-2-3(4)5;2-1-3/h3-4,7-8,11H,2,5-6,9-10,17H2,1H3,(H,18,21)(H,19,20);2H2,1H3,(H,4,5);1H,(H2,2,3). The van der Waals surface area contributed by atoms with Crippen LogP contribution in [0.2, 0.25) is 0 Å². The van der Waals surface area contributed by atoms with Crippen molar-refractivity contribution in [1.29, 1.82) is 0 Å². The second kappa shape index (κ2) is 15.8. The molecule has 0 bridgehead atoms. The van der Waals surface area contributed by atoms with Gasteiger partial charge in [0, 0.05) is 31.1 Å². The lowest BCUT2D eigenvalue weighted by Gasteiger charge is -2.14. The average Bonchev–Trinajstić information content (AvgIpc) is 2.72. The molecule has 9 nitrogen and oxygen atoms in total. The minimum atomic E-state index is -0.745. The Morgan fingerprint density at radius 1 is 1.21 bits per heavy atom. The second-order valence-electron chi connectivity index (χ2n) is 5.73. The molecule has 0 aliphatic heterocycles. The summed E-state index contributed by atoms with van der Waals surface area (Å²) in [6.45, 7) is 5.57. The molecular formula is C20H31N5O4. The number of aliphatic carboxylic acids is 1. The van der Waals surface area contributed by atoms with E-state index in [4.69, 9.17) is 15.6 Å². The summed E-state index contributed by atoms with van der Waals surface area (Å²) in [5.41, 5.74) is 12.0. The van der Waals surface area contributed by atoms with Gasteiger partial charge in [0.15, 0.2) is 0 Å². The number of nitrogens with one attached hydrogen (secondary N) is 2. The molecule has 2 aromatic rings. The van der Waals surface area contributed by atoms with Crippen LogP contribution in [-0.4, -0.2) is 48.0 Å². The van der Waals surface area contributed by atoms with E-state index in [0.717, 1.165) is 36.0 Å². The van der Waals surface area contributed by atoms with Gasteiger partial charge in [-0.25, -0.2) is 0 Å². The number of primary amides is 1. The summed E-state index contributed by atoms with van der Waals surface area (Å²) in [6.07, 6.45) is 4.05. The number of pyridine rings is 1. The first kappa shape index (κ1) is 25.8. The van der Waals surface area contributed by atoms with E-state index in [0.29, 0.717) is 18.7 Å². The van der Waals surface area contributed by atoms with Crippen LogP contribution in [0.4, 0.5) is 5.69 Å². The van der Waals surface area contributed by atoms with Crippen molar-refractivity contribution in [2.45, 2.75) is 33.1 Å². The molecule has 1 heterocycles. The van der Waals surface area contributed by atoms with Crippen LogP contribution in [0.3, 0.4) is 0 Å². The van der Waals surface area contributed by atoms with E-state index in [-0.39, 0.29) is 18.7 Å². The van der Waals surface area contributed by atoms with E-state index in [9.17, 15) is 9.59 Å². The normalized spacial score (nSPS) is 9.34. The molecule has 1 aromatic heterocycles. The van der Waals surface area contributed by atoms with Gasteiger partial charge in [-0.1, -0.05) is 25.1 Å². The molecule has 0 aliphatic rings. The SMILES string of the molecule is CCC(=O)O.CCNC(=O)c1cnc2ccccc2c1NCCCCN.NC=O. The van der Waals surface area contributed by atoms with Crippen molar-refractivity contribution in [3.8, 4) is 0 Å². The van der Waals surface area contributed by atoms with Gasteiger partial charge >= 0.3 is 5.97 Å². The van der Waals surface area contributed by atoms with E-state index >= 15 is 0 Å². The van der Waals surface area contributed by atoms with Gasteiger partial charge in [0.2, 0.25) is 6.41 Å². The fraction of sp³-hybridized carbons (Fsp3) is 0.400. The highest BCUT2D eigenvalue weighted by Gasteiger charge is 2.14. The number of anilines is 1. The van der Waals surface area contributed by atoms with Crippen LogP contribution < -0.4 is 22.1 Å². The van der Waals surface area contributed by atoms with Gasteiger partial charge in [-0.2, -0.15) is 0 Å². The Bertz CT molecular complexity index is 768. The maximum atomic E-state index is 12.2. The van der Waals surface area contributed by atoms with Crippen LogP contribution in [-0.2, 0) is 9.59 Å². The molecule has 0 spiro atoms. The monoisotopic (exact) mass is 405 g/mol. The number of unbranched alkanes of at least 4 members (excludes halogenated alkanes) is 1. The molecule has 0 atom stereocenters. The first-order chi connectivity index (χ1) is 14.0. The predicted octanol–water partition coefficient (Wildman–Crippen LogP) is 1.72. The van der Waals surface area contributed by atoms with Crippen LogP contribution in [0.1, 0.15) is 43.5 Å². The first-order valence-electron chi connectivity index (χ1n) is 9.43. The average molecular weight is 405 g/mol. The highest BCUT2D eigenvalue weighted by Crippen LogP contribution is 2.25. The molecule has 1 aromatic carbocycles. The molecule has 0 unspecified atom stereocenters. The van der Waals surface area contributed by atoms with Crippen LogP contribution in [0.25, 0.3) is 10.9 Å². The fourth-order valence-electron chi connectivity index (χ4n) is 2.24. The van der Waals surface area contributed by atoms with E-state index in [2.05, 4.69) is 21.4 Å². The van der Waals surface area contributed by atoms with Gasteiger partial charge in [0.1, 0.15) is 0 Å². The number of nitrogens with two attached hydrogens (primary N) is 2. The number of hydrogen-bond acceptors (Lipinski definition) is 6. The van der Waals surface area contributed by atoms with E-state index < -0.39 is 5.97 Å². The summed E-state index contributed by atoms with van der Waals surface area (Å²) in [4.78, 5) is 34.5. The molecule has 2 amide bonds. The molecule has 0 radical (unpaired) electrons. The fourth-order valence-corrected chi connectivity index (χ4v) is 2.24. The van der Waals surface area contributed by atoms with E-state index in [1.54, 1.807) is 13.1 Å². The number of aromatic nitrogens is 1. The Hall–Kier alpha value is -3.20. The minimum absolute atomic E-state index is 0.0999. The number of amides is 2. The number of rotatable bonds is 8. The summed E-state index contributed by atoms with van der Waals surface area (Å²) >= 11 is 0. The Morgan fingerprint density at radius 3 is 2.38 bits per heavy atom. The zero-order valence-corrected chi connectivity index (χ0v) is 17.0. The summed E-state index contributed by atoms with van der Waals surface area (Å²) in [7, 11) is 0. The zero-order valence-electron chi connectivity index (χ0n) is 17.0. The van der Waals surface area contributed by atoms with Crippen molar-refractivity contribution in [2.75, 3.05) is 25.0 Å². The molecule has 2 rings (SSSR count). The number of carboxylic acid groups (broad SMARTS) is 1. The lowest BCUT2D eigenvalue weighted by Crippen LogP contribution is -2.24. The third kappa shape index (κ3) is 10.1. The minimum Gasteiger partial charge on any atom is -0.481 e. The Kier molecular flexibility index (Phi) is 14.1. The third-order valence-electron chi connectivity index (χ3n) is 3.59. The molecule has 0 saturated carbocycles. The van der Waals surface area contributed by atoms with E-state index in [1.807, 2.05) is 31.2 Å². The van der Waals surface area contributed by atoms with Crippen LogP contribution >= 0.6 is 0 Å². The lowest BCUT2D eigenvalue weighted by atomic mass is 10.1. The largest absolute Gasteiger partial charge is 0.481 e. The zero-order chi connectivity index (χ0) is 22.1. The smallest absolute Gasteiger partial charge is 0.303 e. The molecule has 7 N–H and O–H groups in total. The van der Waals surface area contributed by atoms with Crippen LogP contribution in [0, 0.1) is 0 Å². The number of fused-ring (bicyclic) bond motifs is 1. The Labute approximate surface area is 170 Å².